The highest BCUT2D eigenvalue weighted by atomic mass is 19.4. The third-order valence-electron chi connectivity index (χ3n) is 5.74. The Bertz CT molecular complexity index is 742. The van der Waals surface area contributed by atoms with Crippen molar-refractivity contribution in [3.05, 3.63) is 47.2 Å². The van der Waals surface area contributed by atoms with Gasteiger partial charge in [0.2, 0.25) is 6.29 Å². The van der Waals surface area contributed by atoms with Crippen LogP contribution in [0, 0.1) is 0 Å². The van der Waals surface area contributed by atoms with Crippen molar-refractivity contribution in [1.29, 1.82) is 0 Å². The summed E-state index contributed by atoms with van der Waals surface area (Å²) in [6.07, 6.45) is 3.44. The van der Waals surface area contributed by atoms with Crippen LogP contribution >= 0.6 is 0 Å². The summed E-state index contributed by atoms with van der Waals surface area (Å²) in [6, 6.07) is 5.10. The van der Waals surface area contributed by atoms with Gasteiger partial charge in [0.1, 0.15) is 0 Å². The van der Waals surface area contributed by atoms with Crippen molar-refractivity contribution in [2.24, 2.45) is 0 Å². The Balaban J connectivity index is 1.73. The normalized spacial score (nSPS) is 22.5. The maximum atomic E-state index is 12.9. The Morgan fingerprint density at radius 2 is 1.84 bits per heavy atom. The topological polar surface area (TPSA) is 67.8 Å². The standard InChI is InChI=1S/C23H30F3NO4/c24-23(25,26)18-10-8-16(9-11-18)17-14-20(22(29)27-19-6-2-1-3-7-19)31-21(15-17)30-13-5-4-12-28/h8-11,14,17,19,21,28H,1-7,12-13,15H2,(H,27,29)/t17-,21+/m0/s1. The molecule has 2 aliphatic rings. The lowest BCUT2D eigenvalue weighted by Gasteiger charge is -2.30. The van der Waals surface area contributed by atoms with Crippen molar-refractivity contribution in [2.75, 3.05) is 13.2 Å². The van der Waals surface area contributed by atoms with Crippen LogP contribution in [0.4, 0.5) is 13.2 Å². The number of amides is 1. The molecular formula is C23H30F3NO4. The molecule has 2 N–H and O–H groups in total. The number of allylic oxidation sites excluding steroid dienone is 1. The van der Waals surface area contributed by atoms with E-state index in [1.807, 2.05) is 0 Å². The van der Waals surface area contributed by atoms with Gasteiger partial charge in [0.25, 0.3) is 5.91 Å². The van der Waals surface area contributed by atoms with Crippen molar-refractivity contribution in [3.8, 4) is 0 Å². The maximum Gasteiger partial charge on any atom is 0.416 e. The van der Waals surface area contributed by atoms with E-state index in [-0.39, 0.29) is 30.2 Å². The van der Waals surface area contributed by atoms with Crippen molar-refractivity contribution in [3.63, 3.8) is 0 Å². The first-order valence-electron chi connectivity index (χ1n) is 11.0. The maximum absolute atomic E-state index is 12.9. The summed E-state index contributed by atoms with van der Waals surface area (Å²) < 4.78 is 50.2. The number of hydrogen-bond donors (Lipinski definition) is 2. The quantitative estimate of drug-likeness (QED) is 0.576. The number of alkyl halides is 3. The first-order chi connectivity index (χ1) is 14.9. The van der Waals surface area contributed by atoms with Crippen molar-refractivity contribution in [1.82, 2.24) is 5.32 Å². The molecule has 1 saturated carbocycles. The molecule has 0 saturated heterocycles. The van der Waals surface area contributed by atoms with Crippen molar-refractivity contribution >= 4 is 5.91 Å². The summed E-state index contributed by atoms with van der Waals surface area (Å²) in [4.78, 5) is 12.8. The molecule has 1 aliphatic heterocycles. The molecule has 3 rings (SSSR count). The highest BCUT2D eigenvalue weighted by Crippen LogP contribution is 2.34. The smallest absolute Gasteiger partial charge is 0.416 e. The van der Waals surface area contributed by atoms with Gasteiger partial charge in [-0.25, -0.2) is 0 Å². The van der Waals surface area contributed by atoms with Crippen LogP contribution in [0.15, 0.2) is 36.1 Å². The van der Waals surface area contributed by atoms with Crippen LogP contribution in [0.3, 0.4) is 0 Å². The fraction of sp³-hybridized carbons (Fsp3) is 0.609. The van der Waals surface area contributed by atoms with E-state index in [0.29, 0.717) is 31.4 Å². The molecule has 0 unspecified atom stereocenters. The minimum atomic E-state index is -4.40. The largest absolute Gasteiger partial charge is 0.459 e. The fourth-order valence-corrected chi connectivity index (χ4v) is 4.00. The zero-order valence-corrected chi connectivity index (χ0v) is 17.5. The number of halogens is 3. The van der Waals surface area contributed by atoms with E-state index in [1.54, 1.807) is 6.08 Å². The molecule has 2 atom stereocenters. The van der Waals surface area contributed by atoms with Gasteiger partial charge in [-0.2, -0.15) is 13.2 Å². The van der Waals surface area contributed by atoms with Gasteiger partial charge < -0.3 is 19.9 Å². The number of nitrogens with one attached hydrogen (secondary N) is 1. The van der Waals surface area contributed by atoms with Crippen LogP contribution in [0.1, 0.15) is 68.4 Å². The van der Waals surface area contributed by atoms with Crippen LogP contribution in [-0.4, -0.2) is 36.6 Å². The Kier molecular flexibility index (Phi) is 8.37. The molecule has 8 heteroatoms. The van der Waals surface area contributed by atoms with Gasteiger partial charge in [-0.3, -0.25) is 4.79 Å². The summed E-state index contributed by atoms with van der Waals surface area (Å²) in [5.74, 6) is -0.465. The molecule has 0 spiro atoms. The highest BCUT2D eigenvalue weighted by Gasteiger charge is 2.32. The number of hydrogen-bond acceptors (Lipinski definition) is 4. The van der Waals surface area contributed by atoms with Crippen LogP contribution in [0.5, 0.6) is 0 Å². The second-order valence-corrected chi connectivity index (χ2v) is 8.15. The summed E-state index contributed by atoms with van der Waals surface area (Å²) in [7, 11) is 0. The summed E-state index contributed by atoms with van der Waals surface area (Å²) in [5, 5.41) is 11.9. The lowest BCUT2D eigenvalue weighted by atomic mass is 9.91. The highest BCUT2D eigenvalue weighted by molar-refractivity contribution is 5.92. The molecule has 31 heavy (non-hydrogen) atoms. The number of aliphatic hydroxyl groups excluding tert-OH is 1. The van der Waals surface area contributed by atoms with Gasteiger partial charge in [-0.1, -0.05) is 31.4 Å². The minimum absolute atomic E-state index is 0.0675. The van der Waals surface area contributed by atoms with Crippen LogP contribution in [0.25, 0.3) is 0 Å². The summed E-state index contributed by atoms with van der Waals surface area (Å²) in [6.45, 7) is 0.431. The van der Waals surface area contributed by atoms with Crippen LogP contribution in [0.2, 0.25) is 0 Å². The zero-order valence-electron chi connectivity index (χ0n) is 17.5. The SMILES string of the molecule is O=C(NC1CCCCC1)C1=C[C@H](c2ccc(C(F)(F)F)cc2)C[C@H](OCCCCO)O1. The molecule has 1 heterocycles. The second kappa shape index (κ2) is 11.0. The first kappa shape index (κ1) is 23.6. The number of aliphatic hydroxyl groups is 1. The van der Waals surface area contributed by atoms with Gasteiger partial charge in [0.05, 0.1) is 12.2 Å². The number of benzene rings is 1. The van der Waals surface area contributed by atoms with Gasteiger partial charge in [-0.05, 0) is 49.5 Å². The molecule has 1 aromatic rings. The molecular weight excluding hydrogens is 411 g/mol. The van der Waals surface area contributed by atoms with Gasteiger partial charge in [0, 0.05) is 25.0 Å². The van der Waals surface area contributed by atoms with Gasteiger partial charge >= 0.3 is 6.18 Å². The fourth-order valence-electron chi connectivity index (χ4n) is 4.00. The molecule has 5 nitrogen and oxygen atoms in total. The molecule has 0 radical (unpaired) electrons. The molecule has 0 bridgehead atoms. The Labute approximate surface area is 180 Å². The van der Waals surface area contributed by atoms with E-state index in [1.165, 1.54) is 18.6 Å². The lowest BCUT2D eigenvalue weighted by molar-refractivity contribution is -0.147. The molecule has 1 fully saturated rings. The first-order valence-corrected chi connectivity index (χ1v) is 11.0. The molecule has 0 aromatic heterocycles. The van der Waals surface area contributed by atoms with Crippen LogP contribution < -0.4 is 5.32 Å². The monoisotopic (exact) mass is 441 g/mol. The third-order valence-corrected chi connectivity index (χ3v) is 5.74. The van der Waals surface area contributed by atoms with E-state index in [4.69, 9.17) is 14.6 Å². The number of unbranched alkanes of at least 4 members (excludes halogenated alkanes) is 1. The Morgan fingerprint density at radius 3 is 2.48 bits per heavy atom. The van der Waals surface area contributed by atoms with Gasteiger partial charge in [-0.15, -0.1) is 0 Å². The summed E-state index contributed by atoms with van der Waals surface area (Å²) in [5.41, 5.74) is -0.0393. The number of rotatable bonds is 8. The zero-order chi connectivity index (χ0) is 22.3. The molecule has 1 amide bonds. The predicted molar refractivity (Wildman–Crippen MR) is 109 cm³/mol. The van der Waals surface area contributed by atoms with E-state index >= 15 is 0 Å². The Morgan fingerprint density at radius 1 is 1.13 bits per heavy atom. The number of carbonyl (C=O) groups is 1. The van der Waals surface area contributed by atoms with Gasteiger partial charge in [0.15, 0.2) is 5.76 Å². The van der Waals surface area contributed by atoms with Crippen molar-refractivity contribution in [2.45, 2.75) is 75.8 Å². The number of ether oxygens (including phenoxy) is 2. The van der Waals surface area contributed by atoms with E-state index in [0.717, 1.165) is 37.8 Å². The summed E-state index contributed by atoms with van der Waals surface area (Å²) >= 11 is 0. The molecule has 1 aromatic carbocycles. The third kappa shape index (κ3) is 6.97. The second-order valence-electron chi connectivity index (χ2n) is 8.15. The van der Waals surface area contributed by atoms with Crippen molar-refractivity contribution < 1.29 is 32.5 Å². The number of carbonyl (C=O) groups excluding carboxylic acids is 1. The average Bonchev–Trinajstić information content (AvgIpc) is 2.77. The minimum Gasteiger partial charge on any atom is -0.459 e. The van der Waals surface area contributed by atoms with Crippen LogP contribution in [-0.2, 0) is 20.4 Å². The molecule has 1 aliphatic carbocycles. The Hall–Kier alpha value is -2.06. The van der Waals surface area contributed by atoms with E-state index < -0.39 is 18.0 Å². The lowest BCUT2D eigenvalue weighted by Crippen LogP contribution is -2.39. The van der Waals surface area contributed by atoms with E-state index in [9.17, 15) is 18.0 Å². The average molecular weight is 441 g/mol. The predicted octanol–water partition coefficient (Wildman–Crippen LogP) is 4.66. The van der Waals surface area contributed by atoms with E-state index in [2.05, 4.69) is 5.32 Å². The molecule has 172 valence electrons.